The summed E-state index contributed by atoms with van der Waals surface area (Å²) in [7, 11) is 0. The minimum atomic E-state index is -0.00704. The van der Waals surface area contributed by atoms with Crippen molar-refractivity contribution in [2.24, 2.45) is 0 Å². The van der Waals surface area contributed by atoms with Gasteiger partial charge in [-0.25, -0.2) is 0 Å². The number of aliphatic hydroxyl groups is 1. The molecule has 1 N–H and O–H groups in total. The van der Waals surface area contributed by atoms with Crippen LogP contribution in [0.3, 0.4) is 0 Å². The lowest BCUT2D eigenvalue weighted by Crippen LogP contribution is -1.87. The molecule has 2 aromatic rings. The summed E-state index contributed by atoms with van der Waals surface area (Å²) in [6, 6.07) is 3.83. The van der Waals surface area contributed by atoms with Crippen molar-refractivity contribution < 1.29 is 5.11 Å². The molecule has 0 saturated carbocycles. The van der Waals surface area contributed by atoms with E-state index < -0.39 is 0 Å². The van der Waals surface area contributed by atoms with Gasteiger partial charge in [-0.05, 0) is 23.1 Å². The third kappa shape index (κ3) is 1.58. The Bertz CT molecular complexity index is 466. The molecular weight excluding hydrogens is 284 g/mol. The van der Waals surface area contributed by atoms with E-state index >= 15 is 0 Å². The molecule has 1 nitrogen and oxygen atoms in total. The Kier molecular flexibility index (Phi) is 3.12. The zero-order valence-corrected chi connectivity index (χ0v) is 10.4. The highest BCUT2D eigenvalue weighted by atomic mass is 79.9. The summed E-state index contributed by atoms with van der Waals surface area (Å²) in [6.45, 7) is -0.00704. The number of alkyl halides is 1. The van der Waals surface area contributed by atoms with Crippen LogP contribution in [0.4, 0.5) is 0 Å². The van der Waals surface area contributed by atoms with Gasteiger partial charge in [0.05, 0.1) is 6.61 Å². The van der Waals surface area contributed by atoms with Crippen LogP contribution in [0.2, 0.25) is 5.02 Å². The van der Waals surface area contributed by atoms with Crippen LogP contribution in [0, 0.1) is 0 Å². The van der Waals surface area contributed by atoms with Gasteiger partial charge >= 0.3 is 0 Å². The van der Waals surface area contributed by atoms with Crippen molar-refractivity contribution in [1.29, 1.82) is 0 Å². The number of benzene rings is 1. The number of rotatable bonds is 2. The molecule has 1 aromatic heterocycles. The van der Waals surface area contributed by atoms with Crippen molar-refractivity contribution >= 4 is 49.0 Å². The van der Waals surface area contributed by atoms with E-state index in [2.05, 4.69) is 21.3 Å². The Balaban J connectivity index is 2.81. The molecule has 2 rings (SSSR count). The van der Waals surface area contributed by atoms with Crippen LogP contribution in [0.1, 0.15) is 11.1 Å². The van der Waals surface area contributed by atoms with Crippen LogP contribution in [0.5, 0.6) is 0 Å². The molecule has 0 aliphatic carbocycles. The van der Waals surface area contributed by atoms with Crippen molar-refractivity contribution in [3.05, 3.63) is 33.7 Å². The molecule has 14 heavy (non-hydrogen) atoms. The zero-order chi connectivity index (χ0) is 10.1. The number of fused-ring (bicyclic) bond motifs is 1. The molecule has 0 amide bonds. The molecule has 0 atom stereocenters. The van der Waals surface area contributed by atoms with Crippen LogP contribution in [0.15, 0.2) is 17.5 Å². The molecule has 0 unspecified atom stereocenters. The Hall–Kier alpha value is -0.0900. The first-order valence-corrected chi connectivity index (χ1v) is 6.50. The highest BCUT2D eigenvalue weighted by molar-refractivity contribution is 9.08. The van der Waals surface area contributed by atoms with E-state index in [4.69, 9.17) is 11.6 Å². The molecule has 1 aromatic carbocycles. The van der Waals surface area contributed by atoms with Crippen LogP contribution in [-0.2, 0) is 11.9 Å². The average molecular weight is 292 g/mol. The van der Waals surface area contributed by atoms with E-state index in [-0.39, 0.29) is 6.61 Å². The third-order valence-electron chi connectivity index (χ3n) is 2.17. The first kappa shape index (κ1) is 10.4. The predicted octanol–water partition coefficient (Wildman–Crippen LogP) is 3.94. The van der Waals surface area contributed by atoms with Crippen LogP contribution < -0.4 is 0 Å². The first-order valence-electron chi connectivity index (χ1n) is 4.12. The standard InChI is InChI=1S/C10H8BrClOS/c11-3-6-5-14-9-2-1-8(12)7(4-13)10(6)9/h1-2,5,13H,3-4H2. The van der Waals surface area contributed by atoms with E-state index in [0.717, 1.165) is 16.3 Å². The molecule has 74 valence electrons. The number of aliphatic hydroxyl groups excluding tert-OH is 1. The molecule has 0 radical (unpaired) electrons. The summed E-state index contributed by atoms with van der Waals surface area (Å²) in [5.74, 6) is 0. The van der Waals surface area contributed by atoms with E-state index in [0.29, 0.717) is 5.02 Å². The number of thiophene rings is 1. The fourth-order valence-corrected chi connectivity index (χ4v) is 3.36. The lowest BCUT2D eigenvalue weighted by Gasteiger charge is -2.04. The fraction of sp³-hybridized carbons (Fsp3) is 0.200. The molecule has 1 heterocycles. The van der Waals surface area contributed by atoms with Gasteiger partial charge in [-0.2, -0.15) is 0 Å². The molecule has 0 saturated heterocycles. The van der Waals surface area contributed by atoms with Crippen molar-refractivity contribution in [3.8, 4) is 0 Å². The Morgan fingerprint density at radius 3 is 2.86 bits per heavy atom. The molecule has 0 fully saturated rings. The van der Waals surface area contributed by atoms with Gasteiger partial charge < -0.3 is 5.11 Å². The Morgan fingerprint density at radius 2 is 2.21 bits per heavy atom. The summed E-state index contributed by atoms with van der Waals surface area (Å²) in [4.78, 5) is 0. The van der Waals surface area contributed by atoms with Crippen LogP contribution in [0.25, 0.3) is 10.1 Å². The molecule has 4 heteroatoms. The normalized spacial score (nSPS) is 11.1. The summed E-state index contributed by atoms with van der Waals surface area (Å²) in [6.07, 6.45) is 0. The Labute approximate surface area is 99.4 Å². The number of halogens is 2. The lowest BCUT2D eigenvalue weighted by molar-refractivity contribution is 0.283. The quantitative estimate of drug-likeness (QED) is 0.831. The summed E-state index contributed by atoms with van der Waals surface area (Å²) < 4.78 is 1.17. The average Bonchev–Trinajstić information content (AvgIpc) is 2.61. The molecule has 0 aliphatic rings. The highest BCUT2D eigenvalue weighted by Crippen LogP contribution is 2.34. The van der Waals surface area contributed by atoms with E-state index in [9.17, 15) is 5.11 Å². The topological polar surface area (TPSA) is 20.2 Å². The van der Waals surface area contributed by atoms with E-state index in [1.54, 1.807) is 11.3 Å². The second kappa shape index (κ2) is 4.19. The van der Waals surface area contributed by atoms with Crippen LogP contribution >= 0.6 is 38.9 Å². The van der Waals surface area contributed by atoms with Gasteiger partial charge in [0.1, 0.15) is 0 Å². The van der Waals surface area contributed by atoms with Gasteiger partial charge in [0.25, 0.3) is 0 Å². The van der Waals surface area contributed by atoms with Gasteiger partial charge in [-0.1, -0.05) is 27.5 Å². The zero-order valence-electron chi connectivity index (χ0n) is 7.26. The maximum absolute atomic E-state index is 9.26. The van der Waals surface area contributed by atoms with Gasteiger partial charge in [-0.15, -0.1) is 11.3 Å². The minimum Gasteiger partial charge on any atom is -0.392 e. The van der Waals surface area contributed by atoms with Crippen molar-refractivity contribution in [1.82, 2.24) is 0 Å². The van der Waals surface area contributed by atoms with Gasteiger partial charge in [0, 0.05) is 26.0 Å². The monoisotopic (exact) mass is 290 g/mol. The molecule has 0 aliphatic heterocycles. The summed E-state index contributed by atoms with van der Waals surface area (Å²) in [5, 5.41) is 13.9. The van der Waals surface area contributed by atoms with Crippen molar-refractivity contribution in [2.75, 3.05) is 0 Å². The van der Waals surface area contributed by atoms with Crippen LogP contribution in [-0.4, -0.2) is 5.11 Å². The van der Waals surface area contributed by atoms with Gasteiger partial charge in [0.15, 0.2) is 0 Å². The Morgan fingerprint density at radius 1 is 1.43 bits per heavy atom. The van der Waals surface area contributed by atoms with E-state index in [1.807, 2.05) is 12.1 Å². The fourth-order valence-electron chi connectivity index (χ4n) is 1.50. The maximum atomic E-state index is 9.26. The summed E-state index contributed by atoms with van der Waals surface area (Å²) in [5.41, 5.74) is 2.02. The minimum absolute atomic E-state index is 0.00704. The highest BCUT2D eigenvalue weighted by Gasteiger charge is 2.10. The predicted molar refractivity (Wildman–Crippen MR) is 65.4 cm³/mol. The lowest BCUT2D eigenvalue weighted by atomic mass is 10.1. The molecule has 0 bridgehead atoms. The second-order valence-corrected chi connectivity index (χ2v) is 4.83. The largest absolute Gasteiger partial charge is 0.392 e. The third-order valence-corrected chi connectivity index (χ3v) is 4.12. The second-order valence-electron chi connectivity index (χ2n) is 2.95. The first-order chi connectivity index (χ1) is 6.77. The SMILES string of the molecule is OCc1c(Cl)ccc2scc(CBr)c12. The number of hydrogen-bond acceptors (Lipinski definition) is 2. The maximum Gasteiger partial charge on any atom is 0.0702 e. The van der Waals surface area contributed by atoms with E-state index in [1.165, 1.54) is 10.3 Å². The van der Waals surface area contributed by atoms with Gasteiger partial charge in [0.2, 0.25) is 0 Å². The smallest absolute Gasteiger partial charge is 0.0702 e. The van der Waals surface area contributed by atoms with Crippen molar-refractivity contribution in [2.45, 2.75) is 11.9 Å². The van der Waals surface area contributed by atoms with Gasteiger partial charge in [-0.3, -0.25) is 0 Å². The van der Waals surface area contributed by atoms with Crippen molar-refractivity contribution in [3.63, 3.8) is 0 Å². The summed E-state index contributed by atoms with van der Waals surface area (Å²) >= 11 is 11.1. The molecular formula is C10H8BrClOS. The molecule has 0 spiro atoms. The number of hydrogen-bond donors (Lipinski definition) is 1.